The molecule has 4 nitrogen and oxygen atoms in total. The molecule has 0 aromatic carbocycles. The lowest BCUT2D eigenvalue weighted by molar-refractivity contribution is 0.172. The average Bonchev–Trinajstić information content (AvgIpc) is 2.84. The molecule has 4 heteroatoms. The summed E-state index contributed by atoms with van der Waals surface area (Å²) in [5.74, 6) is 1.75. The monoisotopic (exact) mass is 210 g/mol. The first-order valence-corrected chi connectivity index (χ1v) is 5.47. The summed E-state index contributed by atoms with van der Waals surface area (Å²) in [5.41, 5.74) is 5.42. The molecule has 0 bridgehead atoms. The van der Waals surface area contributed by atoms with Crippen LogP contribution in [-0.2, 0) is 16.6 Å². The molecule has 1 aromatic rings. The summed E-state index contributed by atoms with van der Waals surface area (Å²) in [5, 5.41) is 0. The normalized spacial score (nSPS) is 26.0. The Morgan fingerprint density at radius 1 is 1.60 bits per heavy atom. The third-order valence-electron chi connectivity index (χ3n) is 2.92. The zero-order valence-corrected chi connectivity index (χ0v) is 9.16. The molecular weight excluding hydrogens is 192 g/mol. The maximum atomic E-state index is 5.73. The van der Waals surface area contributed by atoms with Gasteiger partial charge in [-0.2, -0.15) is 0 Å². The maximum Gasteiger partial charge on any atom is 0.202 e. The van der Waals surface area contributed by atoms with Crippen LogP contribution >= 0.6 is 0 Å². The van der Waals surface area contributed by atoms with E-state index in [2.05, 4.69) is 11.9 Å². The van der Waals surface area contributed by atoms with E-state index in [0.717, 1.165) is 37.5 Å². The smallest absolute Gasteiger partial charge is 0.202 e. The van der Waals surface area contributed by atoms with Gasteiger partial charge in [0.1, 0.15) is 5.76 Å². The third-order valence-corrected chi connectivity index (χ3v) is 2.92. The first kappa shape index (κ1) is 10.6. The van der Waals surface area contributed by atoms with Crippen LogP contribution in [0.15, 0.2) is 10.6 Å². The number of nitrogens with zero attached hydrogens (tertiary/aromatic N) is 1. The molecule has 2 heterocycles. The van der Waals surface area contributed by atoms with Crippen LogP contribution in [0, 0.1) is 0 Å². The van der Waals surface area contributed by atoms with Gasteiger partial charge in [-0.05, 0) is 26.3 Å². The molecule has 0 saturated carbocycles. The SMILES string of the molecule is CC1(c2ncc(CCCN)o2)CCOC1. The molecule has 2 rings (SSSR count). The van der Waals surface area contributed by atoms with Gasteiger partial charge in [0.25, 0.3) is 0 Å². The van der Waals surface area contributed by atoms with Crippen molar-refractivity contribution in [2.45, 2.75) is 31.6 Å². The Kier molecular flexibility index (Phi) is 3.07. The highest BCUT2D eigenvalue weighted by atomic mass is 16.5. The van der Waals surface area contributed by atoms with Gasteiger partial charge in [-0.25, -0.2) is 4.98 Å². The fourth-order valence-corrected chi connectivity index (χ4v) is 1.81. The summed E-state index contributed by atoms with van der Waals surface area (Å²) in [7, 11) is 0. The highest BCUT2D eigenvalue weighted by Crippen LogP contribution is 2.32. The number of ether oxygens (including phenoxy) is 1. The van der Waals surface area contributed by atoms with Crippen LogP contribution in [0.1, 0.15) is 31.4 Å². The lowest BCUT2D eigenvalue weighted by atomic mass is 9.90. The Morgan fingerprint density at radius 3 is 3.13 bits per heavy atom. The van der Waals surface area contributed by atoms with E-state index in [9.17, 15) is 0 Å². The van der Waals surface area contributed by atoms with E-state index < -0.39 is 0 Å². The molecule has 84 valence electrons. The number of nitrogens with two attached hydrogens (primary N) is 1. The molecule has 1 aliphatic rings. The van der Waals surface area contributed by atoms with Gasteiger partial charge in [0.2, 0.25) is 5.89 Å². The zero-order chi connectivity index (χ0) is 10.7. The number of oxazole rings is 1. The minimum absolute atomic E-state index is 0.0268. The molecule has 1 fully saturated rings. The summed E-state index contributed by atoms with van der Waals surface area (Å²) in [6.45, 7) is 4.34. The van der Waals surface area contributed by atoms with Gasteiger partial charge < -0.3 is 14.9 Å². The number of hydrogen-bond donors (Lipinski definition) is 1. The van der Waals surface area contributed by atoms with E-state index in [4.69, 9.17) is 14.9 Å². The van der Waals surface area contributed by atoms with Crippen LogP contribution in [0.25, 0.3) is 0 Å². The third kappa shape index (κ3) is 2.21. The van der Waals surface area contributed by atoms with Crippen molar-refractivity contribution in [3.8, 4) is 0 Å². The molecule has 1 aliphatic heterocycles. The maximum absolute atomic E-state index is 5.73. The van der Waals surface area contributed by atoms with Crippen molar-refractivity contribution >= 4 is 0 Å². The van der Waals surface area contributed by atoms with Gasteiger partial charge in [-0.3, -0.25) is 0 Å². The first-order chi connectivity index (χ1) is 7.24. The van der Waals surface area contributed by atoms with Crippen molar-refractivity contribution in [2.75, 3.05) is 19.8 Å². The molecule has 1 unspecified atom stereocenters. The Balaban J connectivity index is 2.05. The summed E-state index contributed by atoms with van der Waals surface area (Å²) in [6.07, 6.45) is 4.63. The van der Waals surface area contributed by atoms with E-state index >= 15 is 0 Å². The van der Waals surface area contributed by atoms with Crippen LogP contribution in [-0.4, -0.2) is 24.7 Å². The van der Waals surface area contributed by atoms with Gasteiger partial charge in [0.05, 0.1) is 18.2 Å². The minimum atomic E-state index is -0.0268. The molecule has 1 aromatic heterocycles. The van der Waals surface area contributed by atoms with Crippen LogP contribution in [0.3, 0.4) is 0 Å². The Labute approximate surface area is 89.8 Å². The predicted molar refractivity (Wildman–Crippen MR) is 56.7 cm³/mol. The highest BCUT2D eigenvalue weighted by Gasteiger charge is 2.36. The average molecular weight is 210 g/mol. The van der Waals surface area contributed by atoms with E-state index in [1.54, 1.807) is 0 Å². The second-order valence-electron chi connectivity index (χ2n) is 4.39. The van der Waals surface area contributed by atoms with Crippen LogP contribution in [0.4, 0.5) is 0 Å². The van der Waals surface area contributed by atoms with E-state index in [1.165, 1.54) is 0 Å². The number of hydrogen-bond acceptors (Lipinski definition) is 4. The zero-order valence-electron chi connectivity index (χ0n) is 9.16. The van der Waals surface area contributed by atoms with E-state index in [0.29, 0.717) is 13.2 Å². The molecule has 0 amide bonds. The van der Waals surface area contributed by atoms with Gasteiger partial charge >= 0.3 is 0 Å². The van der Waals surface area contributed by atoms with Crippen molar-refractivity contribution < 1.29 is 9.15 Å². The second kappa shape index (κ2) is 4.33. The van der Waals surface area contributed by atoms with E-state index in [-0.39, 0.29) is 5.41 Å². The fraction of sp³-hybridized carbons (Fsp3) is 0.727. The van der Waals surface area contributed by atoms with Crippen molar-refractivity contribution in [1.29, 1.82) is 0 Å². The van der Waals surface area contributed by atoms with Gasteiger partial charge in [0, 0.05) is 13.0 Å². The Hall–Kier alpha value is -0.870. The Bertz CT molecular complexity index is 316. The van der Waals surface area contributed by atoms with Crippen LogP contribution in [0.5, 0.6) is 0 Å². The molecular formula is C11H18N2O2. The summed E-state index contributed by atoms with van der Waals surface area (Å²) >= 11 is 0. The molecule has 0 radical (unpaired) electrons. The fourth-order valence-electron chi connectivity index (χ4n) is 1.81. The Morgan fingerprint density at radius 2 is 2.47 bits per heavy atom. The number of aromatic nitrogens is 1. The minimum Gasteiger partial charge on any atom is -0.445 e. The summed E-state index contributed by atoms with van der Waals surface area (Å²) < 4.78 is 11.1. The summed E-state index contributed by atoms with van der Waals surface area (Å²) in [4.78, 5) is 4.34. The van der Waals surface area contributed by atoms with Gasteiger partial charge in [0.15, 0.2) is 0 Å². The van der Waals surface area contributed by atoms with Crippen molar-refractivity contribution in [3.63, 3.8) is 0 Å². The molecule has 15 heavy (non-hydrogen) atoms. The lowest BCUT2D eigenvalue weighted by Crippen LogP contribution is -2.21. The van der Waals surface area contributed by atoms with Crippen molar-refractivity contribution in [3.05, 3.63) is 17.8 Å². The van der Waals surface area contributed by atoms with E-state index in [1.807, 2.05) is 6.20 Å². The molecule has 1 atom stereocenters. The van der Waals surface area contributed by atoms with Crippen LogP contribution < -0.4 is 5.73 Å². The molecule has 0 aliphatic carbocycles. The first-order valence-electron chi connectivity index (χ1n) is 5.47. The second-order valence-corrected chi connectivity index (χ2v) is 4.39. The number of rotatable bonds is 4. The van der Waals surface area contributed by atoms with Gasteiger partial charge in [-0.15, -0.1) is 0 Å². The van der Waals surface area contributed by atoms with Crippen LogP contribution in [0.2, 0.25) is 0 Å². The van der Waals surface area contributed by atoms with Crippen molar-refractivity contribution in [1.82, 2.24) is 4.98 Å². The van der Waals surface area contributed by atoms with Gasteiger partial charge in [-0.1, -0.05) is 0 Å². The molecule has 1 saturated heterocycles. The highest BCUT2D eigenvalue weighted by molar-refractivity contribution is 5.08. The molecule has 0 spiro atoms. The molecule has 2 N–H and O–H groups in total. The predicted octanol–water partition coefficient (Wildman–Crippen LogP) is 1.24. The lowest BCUT2D eigenvalue weighted by Gasteiger charge is -2.16. The largest absolute Gasteiger partial charge is 0.445 e. The standard InChI is InChI=1S/C11H18N2O2/c1-11(4-6-14-8-11)10-13-7-9(15-10)3-2-5-12/h7H,2-6,8,12H2,1H3. The topological polar surface area (TPSA) is 61.3 Å². The van der Waals surface area contributed by atoms with Crippen molar-refractivity contribution in [2.24, 2.45) is 5.73 Å². The summed E-state index contributed by atoms with van der Waals surface area (Å²) in [6, 6.07) is 0. The number of aryl methyl sites for hydroxylation is 1. The quantitative estimate of drug-likeness (QED) is 0.812.